The number of H-pyrrole nitrogens is 1. The second kappa shape index (κ2) is 10.7. The minimum absolute atomic E-state index is 0. The van der Waals surface area contributed by atoms with Crippen LogP contribution in [0.5, 0.6) is 0 Å². The van der Waals surface area contributed by atoms with Gasteiger partial charge in [-0.25, -0.2) is 0 Å². The van der Waals surface area contributed by atoms with Crippen LogP contribution < -0.4 is 5.32 Å². The summed E-state index contributed by atoms with van der Waals surface area (Å²) >= 11 is 0. The Morgan fingerprint density at radius 1 is 1.00 bits per heavy atom. The quantitative estimate of drug-likeness (QED) is 0.790. The number of piperidine rings is 2. The summed E-state index contributed by atoms with van der Waals surface area (Å²) in [5.41, 5.74) is 3.87. The van der Waals surface area contributed by atoms with Crippen molar-refractivity contribution in [2.75, 3.05) is 26.2 Å². The van der Waals surface area contributed by atoms with Gasteiger partial charge in [-0.2, -0.15) is 5.10 Å². The molecule has 1 aliphatic carbocycles. The molecule has 0 radical (unpaired) electrons. The zero-order chi connectivity index (χ0) is 17.1. The van der Waals surface area contributed by atoms with Gasteiger partial charge < -0.3 is 10.2 Å². The molecule has 5 nitrogen and oxygen atoms in total. The molecule has 1 aromatic heterocycles. The van der Waals surface area contributed by atoms with Crippen molar-refractivity contribution in [1.29, 1.82) is 0 Å². The van der Waals surface area contributed by atoms with Crippen LogP contribution in [0.3, 0.4) is 0 Å². The number of aromatic nitrogens is 2. The molecular weight excluding hydrogens is 383 g/mol. The molecule has 2 fully saturated rings. The van der Waals surface area contributed by atoms with Gasteiger partial charge >= 0.3 is 0 Å². The molecule has 7 heteroatoms. The molecule has 0 atom stereocenters. The first kappa shape index (κ1) is 22.5. The van der Waals surface area contributed by atoms with Gasteiger partial charge in [0.25, 0.3) is 0 Å². The van der Waals surface area contributed by atoms with Crippen LogP contribution in [0.1, 0.15) is 61.9 Å². The van der Waals surface area contributed by atoms with E-state index in [2.05, 4.69) is 20.4 Å². The maximum absolute atomic E-state index is 12.6. The predicted molar refractivity (Wildman–Crippen MR) is 113 cm³/mol. The number of fused-ring (bicyclic) bond motifs is 1. The van der Waals surface area contributed by atoms with Gasteiger partial charge in [0.15, 0.2) is 0 Å². The minimum Gasteiger partial charge on any atom is -0.343 e. The molecule has 1 aromatic rings. The summed E-state index contributed by atoms with van der Waals surface area (Å²) in [7, 11) is 0. The molecule has 27 heavy (non-hydrogen) atoms. The van der Waals surface area contributed by atoms with Gasteiger partial charge in [-0.15, -0.1) is 24.8 Å². The van der Waals surface area contributed by atoms with E-state index >= 15 is 0 Å². The third-order valence-corrected chi connectivity index (χ3v) is 6.66. The van der Waals surface area contributed by atoms with E-state index in [-0.39, 0.29) is 24.8 Å². The highest BCUT2D eigenvalue weighted by Crippen LogP contribution is 2.31. The van der Waals surface area contributed by atoms with Crippen molar-refractivity contribution < 1.29 is 4.79 Å². The van der Waals surface area contributed by atoms with Gasteiger partial charge in [-0.3, -0.25) is 9.89 Å². The number of hydrogen-bond acceptors (Lipinski definition) is 3. The summed E-state index contributed by atoms with van der Waals surface area (Å²) in [6.07, 6.45) is 11.3. The Hall–Kier alpha value is -0.780. The van der Waals surface area contributed by atoms with Gasteiger partial charge in [-0.1, -0.05) is 0 Å². The molecule has 3 heterocycles. The van der Waals surface area contributed by atoms with E-state index in [9.17, 15) is 4.79 Å². The van der Waals surface area contributed by atoms with Crippen LogP contribution in [0.25, 0.3) is 0 Å². The number of rotatable bonds is 4. The van der Waals surface area contributed by atoms with E-state index in [4.69, 9.17) is 0 Å². The maximum Gasteiger partial charge on any atom is 0.222 e. The molecule has 2 saturated heterocycles. The molecule has 0 unspecified atom stereocenters. The summed E-state index contributed by atoms with van der Waals surface area (Å²) in [6.45, 7) is 4.29. The number of nitrogens with one attached hydrogen (secondary N) is 2. The smallest absolute Gasteiger partial charge is 0.222 e. The Bertz CT molecular complexity index is 593. The fraction of sp³-hybridized carbons (Fsp3) is 0.800. The van der Waals surface area contributed by atoms with Gasteiger partial charge in [0.05, 0.1) is 5.69 Å². The third-order valence-electron chi connectivity index (χ3n) is 6.66. The highest BCUT2D eigenvalue weighted by Gasteiger charge is 2.29. The molecule has 154 valence electrons. The standard InChI is InChI=1S/C20H32N4O.2ClH/c25-20(6-5-19-17-3-1-2-4-18(17)22-23-19)24-13-9-16(10-14-24)15-7-11-21-12-8-15;;/h15-16,21H,1-14H2,(H,22,23);2*1H. The fourth-order valence-corrected chi connectivity index (χ4v) is 5.08. The van der Waals surface area contributed by atoms with Crippen molar-refractivity contribution in [2.24, 2.45) is 11.8 Å². The van der Waals surface area contributed by atoms with Gasteiger partial charge in [0, 0.05) is 31.6 Å². The Labute approximate surface area is 175 Å². The Morgan fingerprint density at radius 3 is 2.41 bits per heavy atom. The van der Waals surface area contributed by atoms with Crippen molar-refractivity contribution in [2.45, 2.75) is 64.2 Å². The van der Waals surface area contributed by atoms with Gasteiger partial charge in [0.2, 0.25) is 5.91 Å². The van der Waals surface area contributed by atoms with Crippen molar-refractivity contribution in [3.63, 3.8) is 0 Å². The molecule has 0 saturated carbocycles. The van der Waals surface area contributed by atoms with Crippen LogP contribution in [-0.2, 0) is 24.1 Å². The number of aryl methyl sites for hydroxylation is 2. The van der Waals surface area contributed by atoms with Crippen LogP contribution in [0.2, 0.25) is 0 Å². The first-order valence-electron chi connectivity index (χ1n) is 10.3. The number of carbonyl (C=O) groups excluding carboxylic acids is 1. The highest BCUT2D eigenvalue weighted by molar-refractivity contribution is 5.85. The van der Waals surface area contributed by atoms with Crippen LogP contribution in [0.15, 0.2) is 0 Å². The fourth-order valence-electron chi connectivity index (χ4n) is 5.08. The number of hydrogen-bond donors (Lipinski definition) is 2. The SMILES string of the molecule is Cl.Cl.O=C(CCc1n[nH]c2c1CCCC2)N1CCC(C2CCNCC2)CC1. The van der Waals surface area contributed by atoms with E-state index in [1.807, 2.05) is 0 Å². The molecular formula is C20H34Cl2N4O. The van der Waals surface area contributed by atoms with E-state index in [0.29, 0.717) is 12.3 Å². The molecule has 1 amide bonds. The number of halogens is 2. The van der Waals surface area contributed by atoms with Gasteiger partial charge in [-0.05, 0) is 81.9 Å². The highest BCUT2D eigenvalue weighted by atomic mass is 35.5. The van der Waals surface area contributed by atoms with Crippen molar-refractivity contribution in [3.8, 4) is 0 Å². The summed E-state index contributed by atoms with van der Waals surface area (Å²) < 4.78 is 0. The van der Waals surface area contributed by atoms with E-state index < -0.39 is 0 Å². The van der Waals surface area contributed by atoms with Crippen LogP contribution in [0, 0.1) is 11.8 Å². The minimum atomic E-state index is 0. The zero-order valence-electron chi connectivity index (χ0n) is 16.2. The number of aromatic amines is 1. The first-order chi connectivity index (χ1) is 12.3. The lowest BCUT2D eigenvalue weighted by molar-refractivity contribution is -0.132. The Kier molecular flexibility index (Phi) is 8.90. The number of nitrogens with zero attached hydrogens (tertiary/aromatic N) is 2. The van der Waals surface area contributed by atoms with E-state index in [1.54, 1.807) is 0 Å². The predicted octanol–water partition coefficient (Wildman–Crippen LogP) is 3.30. The lowest BCUT2D eigenvalue weighted by Gasteiger charge is -2.37. The van der Waals surface area contributed by atoms with Crippen molar-refractivity contribution in [3.05, 3.63) is 17.0 Å². The van der Waals surface area contributed by atoms with Crippen LogP contribution in [0.4, 0.5) is 0 Å². The molecule has 0 spiro atoms. The van der Waals surface area contributed by atoms with Crippen LogP contribution >= 0.6 is 24.8 Å². The number of carbonyl (C=O) groups is 1. The van der Waals surface area contributed by atoms with Crippen LogP contribution in [-0.4, -0.2) is 47.2 Å². The van der Waals surface area contributed by atoms with Crippen molar-refractivity contribution >= 4 is 30.7 Å². The second-order valence-corrected chi connectivity index (χ2v) is 8.14. The first-order valence-corrected chi connectivity index (χ1v) is 10.3. The molecule has 0 aromatic carbocycles. The van der Waals surface area contributed by atoms with Gasteiger partial charge in [0.1, 0.15) is 0 Å². The average Bonchev–Trinajstić information content (AvgIpc) is 3.10. The summed E-state index contributed by atoms with van der Waals surface area (Å²) in [4.78, 5) is 14.7. The summed E-state index contributed by atoms with van der Waals surface area (Å²) in [6, 6.07) is 0. The zero-order valence-corrected chi connectivity index (χ0v) is 17.8. The normalized spacial score (nSPS) is 21.1. The summed E-state index contributed by atoms with van der Waals surface area (Å²) in [5, 5.41) is 11.1. The largest absolute Gasteiger partial charge is 0.343 e. The maximum atomic E-state index is 12.6. The Morgan fingerprint density at radius 2 is 1.67 bits per heavy atom. The lowest BCUT2D eigenvalue weighted by Crippen LogP contribution is -2.42. The third kappa shape index (κ3) is 5.39. The van der Waals surface area contributed by atoms with Crippen molar-refractivity contribution in [1.82, 2.24) is 20.4 Å². The molecule has 3 aliphatic rings. The van der Waals surface area contributed by atoms with E-state index in [1.165, 1.54) is 62.9 Å². The molecule has 4 rings (SSSR count). The molecule has 2 aliphatic heterocycles. The number of amides is 1. The second-order valence-electron chi connectivity index (χ2n) is 8.14. The molecule has 0 bridgehead atoms. The monoisotopic (exact) mass is 416 g/mol. The number of likely N-dealkylation sites (tertiary alicyclic amines) is 1. The topological polar surface area (TPSA) is 61.0 Å². The summed E-state index contributed by atoms with van der Waals surface area (Å²) in [5.74, 6) is 2.05. The lowest BCUT2D eigenvalue weighted by atomic mass is 9.79. The Balaban J connectivity index is 0.00000131. The molecule has 2 N–H and O–H groups in total. The average molecular weight is 417 g/mol. The van der Waals surface area contributed by atoms with E-state index in [0.717, 1.165) is 49.9 Å².